The molecule has 0 fully saturated rings. The van der Waals surface area contributed by atoms with Crippen molar-refractivity contribution in [2.45, 2.75) is 40.2 Å². The minimum absolute atomic E-state index is 0.216. The summed E-state index contributed by atoms with van der Waals surface area (Å²) < 4.78 is 2.37. The van der Waals surface area contributed by atoms with E-state index in [0.29, 0.717) is 6.42 Å². The van der Waals surface area contributed by atoms with Crippen LogP contribution in [0.15, 0.2) is 42.6 Å². The molecule has 4 rings (SSSR count). The predicted molar refractivity (Wildman–Crippen MR) is 123 cm³/mol. The van der Waals surface area contributed by atoms with Gasteiger partial charge in [-0.3, -0.25) is 4.98 Å². The van der Waals surface area contributed by atoms with Gasteiger partial charge in [-0.05, 0) is 61.6 Å². The standard InChI is InChI=1S/C25H26N2OS/c1-15-8-10-19(11-9-15)22-17(3)23-24-21(7-6-13-26-24)18(4)27(29-5)25(23)16(2)20(22)12-14-28/h6-11,13-14,18H,12H2,1-5H3/t18-/m1/s1. The Morgan fingerprint density at radius 1 is 1.07 bits per heavy atom. The zero-order chi connectivity index (χ0) is 20.7. The van der Waals surface area contributed by atoms with Crippen molar-refractivity contribution >= 4 is 23.9 Å². The van der Waals surface area contributed by atoms with Crippen molar-refractivity contribution in [2.75, 3.05) is 10.6 Å². The molecule has 2 aromatic carbocycles. The quantitative estimate of drug-likeness (QED) is 0.382. The molecule has 3 nitrogen and oxygen atoms in total. The number of fused-ring (bicyclic) bond motifs is 3. The Bertz CT molecular complexity index is 1090. The highest BCUT2D eigenvalue weighted by atomic mass is 32.2. The predicted octanol–water partition coefficient (Wildman–Crippen LogP) is 6.24. The SMILES string of the molecule is CSN1c2c(C)c(CC=O)c(-c3ccc(C)cc3)c(C)c2-c2ncccc2[C@H]1C. The van der Waals surface area contributed by atoms with Crippen LogP contribution in [-0.4, -0.2) is 17.5 Å². The number of carbonyl (C=O) groups excluding carboxylic acids is 1. The number of rotatable bonds is 4. The topological polar surface area (TPSA) is 33.2 Å². The number of aldehydes is 1. The van der Waals surface area contributed by atoms with E-state index in [-0.39, 0.29) is 6.04 Å². The summed E-state index contributed by atoms with van der Waals surface area (Å²) in [5, 5.41) is 0. The van der Waals surface area contributed by atoms with Crippen molar-refractivity contribution < 1.29 is 4.79 Å². The number of nitrogens with zero attached hydrogens (tertiary/aromatic N) is 2. The fourth-order valence-corrected chi connectivity index (χ4v) is 5.44. The van der Waals surface area contributed by atoms with Gasteiger partial charge in [-0.25, -0.2) is 0 Å². The van der Waals surface area contributed by atoms with Crippen LogP contribution in [0.1, 0.15) is 40.8 Å². The maximum Gasteiger partial charge on any atom is 0.124 e. The number of aryl methyl sites for hydroxylation is 1. The number of hydrogen-bond acceptors (Lipinski definition) is 4. The Morgan fingerprint density at radius 3 is 2.45 bits per heavy atom. The van der Waals surface area contributed by atoms with Crippen LogP contribution in [0.3, 0.4) is 0 Å². The molecule has 1 aliphatic rings. The van der Waals surface area contributed by atoms with Crippen molar-refractivity contribution in [1.29, 1.82) is 0 Å². The second-order valence-electron chi connectivity index (χ2n) is 7.69. The van der Waals surface area contributed by atoms with E-state index < -0.39 is 0 Å². The third-order valence-corrected chi connectivity index (χ3v) is 6.91. The molecule has 1 aliphatic heterocycles. The van der Waals surface area contributed by atoms with E-state index in [1.807, 2.05) is 12.3 Å². The molecule has 2 heterocycles. The van der Waals surface area contributed by atoms with E-state index in [4.69, 9.17) is 4.98 Å². The highest BCUT2D eigenvalue weighted by Gasteiger charge is 2.34. The first-order chi connectivity index (χ1) is 14.0. The van der Waals surface area contributed by atoms with Gasteiger partial charge in [-0.1, -0.05) is 47.8 Å². The molecule has 0 radical (unpaired) electrons. The molecule has 3 aromatic rings. The second kappa shape index (κ2) is 7.68. The Hall–Kier alpha value is -2.59. The zero-order valence-electron chi connectivity index (χ0n) is 17.6. The number of benzene rings is 2. The summed E-state index contributed by atoms with van der Waals surface area (Å²) in [6.07, 6.45) is 5.43. The molecule has 29 heavy (non-hydrogen) atoms. The fraction of sp³-hybridized carbons (Fsp3) is 0.280. The van der Waals surface area contributed by atoms with Crippen LogP contribution in [0, 0.1) is 20.8 Å². The van der Waals surface area contributed by atoms with Gasteiger partial charge in [0.1, 0.15) is 6.29 Å². The maximum absolute atomic E-state index is 11.6. The van der Waals surface area contributed by atoms with Crippen LogP contribution < -0.4 is 4.31 Å². The minimum Gasteiger partial charge on any atom is -0.308 e. The highest BCUT2D eigenvalue weighted by molar-refractivity contribution is 8.00. The molecular weight excluding hydrogens is 376 g/mol. The number of pyridine rings is 1. The summed E-state index contributed by atoms with van der Waals surface area (Å²) in [6.45, 7) is 8.65. The maximum atomic E-state index is 11.6. The summed E-state index contributed by atoms with van der Waals surface area (Å²) in [4.78, 5) is 16.4. The molecule has 0 saturated carbocycles. The van der Waals surface area contributed by atoms with Crippen molar-refractivity contribution in [1.82, 2.24) is 4.98 Å². The summed E-state index contributed by atoms with van der Waals surface area (Å²) in [5.74, 6) is 0. The van der Waals surface area contributed by atoms with E-state index in [9.17, 15) is 4.79 Å². The molecule has 148 valence electrons. The lowest BCUT2D eigenvalue weighted by atomic mass is 9.81. The van der Waals surface area contributed by atoms with Crippen molar-refractivity contribution in [3.05, 3.63) is 70.4 Å². The third-order valence-electron chi connectivity index (χ3n) is 6.02. The van der Waals surface area contributed by atoms with Crippen molar-refractivity contribution in [2.24, 2.45) is 0 Å². The third kappa shape index (κ3) is 3.06. The van der Waals surface area contributed by atoms with Gasteiger partial charge in [-0.15, -0.1) is 0 Å². The number of anilines is 1. The van der Waals surface area contributed by atoms with Crippen LogP contribution in [0.2, 0.25) is 0 Å². The zero-order valence-corrected chi connectivity index (χ0v) is 18.4. The van der Waals surface area contributed by atoms with Gasteiger partial charge in [0.2, 0.25) is 0 Å². The molecule has 0 aliphatic carbocycles. The highest BCUT2D eigenvalue weighted by Crippen LogP contribution is 2.52. The molecule has 1 aromatic heterocycles. The number of aromatic nitrogens is 1. The molecule has 4 heteroatoms. The van der Waals surface area contributed by atoms with Crippen LogP contribution in [0.25, 0.3) is 22.4 Å². The number of carbonyl (C=O) groups is 1. The molecule has 0 bridgehead atoms. The van der Waals surface area contributed by atoms with Crippen molar-refractivity contribution in [3.63, 3.8) is 0 Å². The molecule has 0 saturated heterocycles. The lowest BCUT2D eigenvalue weighted by Crippen LogP contribution is -2.26. The van der Waals surface area contributed by atoms with Gasteiger partial charge in [0.25, 0.3) is 0 Å². The van der Waals surface area contributed by atoms with E-state index in [1.54, 1.807) is 11.9 Å². The Balaban J connectivity index is 2.13. The van der Waals surface area contributed by atoms with Gasteiger partial charge in [0.15, 0.2) is 0 Å². The monoisotopic (exact) mass is 402 g/mol. The van der Waals surface area contributed by atoms with Crippen LogP contribution in [0.5, 0.6) is 0 Å². The summed E-state index contributed by atoms with van der Waals surface area (Å²) in [6, 6.07) is 13.0. The van der Waals surface area contributed by atoms with Gasteiger partial charge < -0.3 is 9.10 Å². The summed E-state index contributed by atoms with van der Waals surface area (Å²) in [7, 11) is 0. The summed E-state index contributed by atoms with van der Waals surface area (Å²) in [5.41, 5.74) is 11.7. The average Bonchev–Trinajstić information content (AvgIpc) is 2.73. The first-order valence-electron chi connectivity index (χ1n) is 9.94. The smallest absolute Gasteiger partial charge is 0.124 e. The summed E-state index contributed by atoms with van der Waals surface area (Å²) >= 11 is 1.73. The van der Waals surface area contributed by atoms with Crippen LogP contribution in [-0.2, 0) is 11.2 Å². The lowest BCUT2D eigenvalue weighted by molar-refractivity contribution is -0.107. The lowest BCUT2D eigenvalue weighted by Gasteiger charge is -2.39. The Kier molecular flexibility index (Phi) is 5.22. The van der Waals surface area contributed by atoms with Crippen molar-refractivity contribution in [3.8, 4) is 22.4 Å². The van der Waals surface area contributed by atoms with Crippen LogP contribution >= 0.6 is 11.9 Å². The first-order valence-corrected chi connectivity index (χ1v) is 11.1. The van der Waals surface area contributed by atoms with Gasteiger partial charge in [0.05, 0.1) is 17.4 Å². The van der Waals surface area contributed by atoms with Gasteiger partial charge >= 0.3 is 0 Å². The molecule has 0 N–H and O–H groups in total. The second-order valence-corrected chi connectivity index (χ2v) is 8.45. The minimum atomic E-state index is 0.216. The first kappa shape index (κ1) is 19.7. The fourth-order valence-electron chi connectivity index (χ4n) is 4.59. The van der Waals surface area contributed by atoms with Crippen LogP contribution in [0.4, 0.5) is 5.69 Å². The molecule has 0 spiro atoms. The Labute approximate surface area is 177 Å². The molecule has 0 amide bonds. The molecule has 0 unspecified atom stereocenters. The molecular formula is C25H26N2OS. The van der Waals surface area contributed by atoms with Gasteiger partial charge in [0, 0.05) is 30.0 Å². The van der Waals surface area contributed by atoms with Gasteiger partial charge in [-0.2, -0.15) is 0 Å². The molecule has 1 atom stereocenters. The average molecular weight is 403 g/mol. The number of hydrogen-bond donors (Lipinski definition) is 0. The van der Waals surface area contributed by atoms with E-state index >= 15 is 0 Å². The largest absolute Gasteiger partial charge is 0.308 e. The van der Waals surface area contributed by atoms with E-state index in [2.05, 4.69) is 68.6 Å². The van der Waals surface area contributed by atoms with E-state index in [0.717, 1.165) is 23.1 Å². The normalized spacial score (nSPS) is 15.1. The Morgan fingerprint density at radius 2 is 1.79 bits per heavy atom. The van der Waals surface area contributed by atoms with E-state index in [1.165, 1.54) is 39.1 Å².